The van der Waals surface area contributed by atoms with Crippen LogP contribution in [0.2, 0.25) is 0 Å². The van der Waals surface area contributed by atoms with Crippen LogP contribution in [-0.4, -0.2) is 21.6 Å². The largest absolute Gasteiger partial charge is 0.326 e. The van der Waals surface area contributed by atoms with E-state index in [0.717, 1.165) is 16.3 Å². The van der Waals surface area contributed by atoms with Crippen molar-refractivity contribution < 1.29 is 9.59 Å². The van der Waals surface area contributed by atoms with Gasteiger partial charge < -0.3 is 10.6 Å². The molecule has 3 aromatic carbocycles. The first kappa shape index (κ1) is 21.3. The van der Waals surface area contributed by atoms with Gasteiger partial charge in [-0.3, -0.25) is 9.59 Å². The number of anilines is 2. The first-order chi connectivity index (χ1) is 15.3. The van der Waals surface area contributed by atoms with Gasteiger partial charge in [0.25, 0.3) is 5.91 Å². The molecule has 0 atom stereocenters. The molecule has 2 N–H and O–H groups in total. The number of hydrogen-bond donors (Lipinski definition) is 2. The van der Waals surface area contributed by atoms with Crippen LogP contribution in [-0.2, 0) is 11.3 Å². The molecular formula is C26H26N4O2. The average Bonchev–Trinajstić information content (AvgIpc) is 3.20. The number of aromatic nitrogens is 2. The Hall–Kier alpha value is -3.93. The number of carbonyl (C=O) groups excluding carboxylic acids is 2. The lowest BCUT2D eigenvalue weighted by Gasteiger charge is -2.18. The molecule has 32 heavy (non-hydrogen) atoms. The molecule has 4 aromatic rings. The molecule has 0 aliphatic rings. The normalized spacial score (nSPS) is 11.3. The van der Waals surface area contributed by atoms with Gasteiger partial charge in [0.1, 0.15) is 5.82 Å². The highest BCUT2D eigenvalue weighted by molar-refractivity contribution is 6.05. The third kappa shape index (κ3) is 4.70. The predicted molar refractivity (Wildman–Crippen MR) is 128 cm³/mol. The molecule has 0 aliphatic heterocycles. The lowest BCUT2D eigenvalue weighted by Crippen LogP contribution is -2.27. The van der Waals surface area contributed by atoms with Crippen LogP contribution in [0.4, 0.5) is 11.5 Å². The third-order valence-corrected chi connectivity index (χ3v) is 5.22. The average molecular weight is 427 g/mol. The van der Waals surface area contributed by atoms with E-state index in [0.29, 0.717) is 23.6 Å². The monoisotopic (exact) mass is 426 g/mol. The predicted octanol–water partition coefficient (Wildman–Crippen LogP) is 5.32. The van der Waals surface area contributed by atoms with E-state index in [1.54, 1.807) is 41.2 Å². The van der Waals surface area contributed by atoms with Crippen molar-refractivity contribution in [3.63, 3.8) is 0 Å². The van der Waals surface area contributed by atoms with Crippen molar-refractivity contribution in [2.24, 2.45) is 5.41 Å². The van der Waals surface area contributed by atoms with Crippen molar-refractivity contribution >= 4 is 34.1 Å². The fourth-order valence-electron chi connectivity index (χ4n) is 3.40. The molecule has 162 valence electrons. The van der Waals surface area contributed by atoms with Crippen LogP contribution in [0.25, 0.3) is 10.8 Å². The first-order valence-electron chi connectivity index (χ1n) is 10.5. The summed E-state index contributed by atoms with van der Waals surface area (Å²) in [6, 6.07) is 23.0. The first-order valence-corrected chi connectivity index (χ1v) is 10.5. The van der Waals surface area contributed by atoms with Crippen molar-refractivity contribution in [1.29, 1.82) is 0 Å². The van der Waals surface area contributed by atoms with Crippen molar-refractivity contribution in [3.8, 4) is 0 Å². The number of nitrogens with zero attached hydrogens (tertiary/aromatic N) is 2. The molecule has 1 heterocycles. The number of benzene rings is 3. The Labute approximate surface area is 187 Å². The van der Waals surface area contributed by atoms with Crippen LogP contribution in [0, 0.1) is 5.41 Å². The van der Waals surface area contributed by atoms with Gasteiger partial charge in [0, 0.05) is 22.7 Å². The number of rotatable bonds is 5. The van der Waals surface area contributed by atoms with Gasteiger partial charge in [-0.2, -0.15) is 5.10 Å². The maximum absolute atomic E-state index is 12.9. The SMILES string of the molecule is CC(C)(C)C(=O)Nc1cccc(C(=O)Nc2ccnn2Cc2cccc3ccccc23)c1. The minimum atomic E-state index is -0.521. The topological polar surface area (TPSA) is 76.0 Å². The highest BCUT2D eigenvalue weighted by atomic mass is 16.2. The summed E-state index contributed by atoms with van der Waals surface area (Å²) in [6.07, 6.45) is 1.67. The van der Waals surface area contributed by atoms with Crippen molar-refractivity contribution in [1.82, 2.24) is 9.78 Å². The van der Waals surface area contributed by atoms with Crippen LogP contribution in [0.3, 0.4) is 0 Å². The maximum atomic E-state index is 12.9. The Bertz CT molecular complexity index is 1280. The van der Waals surface area contributed by atoms with Gasteiger partial charge in [0.2, 0.25) is 5.91 Å². The van der Waals surface area contributed by atoms with Crippen molar-refractivity contribution in [3.05, 3.63) is 90.1 Å². The van der Waals surface area contributed by atoms with Gasteiger partial charge in [0.15, 0.2) is 0 Å². The number of nitrogens with one attached hydrogen (secondary N) is 2. The second-order valence-corrected chi connectivity index (χ2v) is 8.75. The van der Waals surface area contributed by atoms with Gasteiger partial charge >= 0.3 is 0 Å². The van der Waals surface area contributed by atoms with Crippen LogP contribution >= 0.6 is 0 Å². The molecule has 1 aromatic heterocycles. The Kier molecular flexibility index (Phi) is 5.77. The Morgan fingerprint density at radius 2 is 1.66 bits per heavy atom. The van der Waals surface area contributed by atoms with Gasteiger partial charge in [-0.15, -0.1) is 0 Å². The van der Waals surface area contributed by atoms with E-state index in [1.165, 1.54) is 0 Å². The molecule has 4 rings (SSSR count). The van der Waals surface area contributed by atoms with E-state index in [1.807, 2.05) is 39.0 Å². The lowest BCUT2D eigenvalue weighted by molar-refractivity contribution is -0.123. The van der Waals surface area contributed by atoms with Crippen LogP contribution in [0.5, 0.6) is 0 Å². The molecule has 6 nitrogen and oxygen atoms in total. The molecule has 0 spiro atoms. The molecule has 0 unspecified atom stereocenters. The molecular weight excluding hydrogens is 400 g/mol. The van der Waals surface area contributed by atoms with Crippen LogP contribution in [0.1, 0.15) is 36.7 Å². The highest BCUT2D eigenvalue weighted by Crippen LogP contribution is 2.22. The summed E-state index contributed by atoms with van der Waals surface area (Å²) in [5, 5.41) is 12.5. The van der Waals surface area contributed by atoms with Gasteiger partial charge in [-0.05, 0) is 34.5 Å². The minimum Gasteiger partial charge on any atom is -0.326 e. The standard InChI is InChI=1S/C26H26N4O2/c1-26(2,3)25(32)28-21-12-7-10-19(16-21)24(31)29-23-14-15-27-30(23)17-20-11-6-9-18-8-4-5-13-22(18)20/h4-16H,17H2,1-3H3,(H,28,32)(H,29,31). The van der Waals surface area contributed by atoms with E-state index < -0.39 is 5.41 Å². The summed E-state index contributed by atoms with van der Waals surface area (Å²) in [5.41, 5.74) is 1.64. The fourth-order valence-corrected chi connectivity index (χ4v) is 3.40. The number of amides is 2. The fraction of sp³-hybridized carbons (Fsp3) is 0.192. The number of carbonyl (C=O) groups is 2. The zero-order valence-corrected chi connectivity index (χ0v) is 18.4. The number of hydrogen-bond acceptors (Lipinski definition) is 3. The summed E-state index contributed by atoms with van der Waals surface area (Å²) in [7, 11) is 0. The summed E-state index contributed by atoms with van der Waals surface area (Å²) in [6.45, 7) is 6.06. The smallest absolute Gasteiger partial charge is 0.256 e. The zero-order chi connectivity index (χ0) is 22.7. The van der Waals surface area contributed by atoms with E-state index >= 15 is 0 Å². The van der Waals surface area contributed by atoms with Gasteiger partial charge in [0.05, 0.1) is 12.7 Å². The molecule has 0 saturated carbocycles. The van der Waals surface area contributed by atoms with E-state index in [-0.39, 0.29) is 11.8 Å². The number of fused-ring (bicyclic) bond motifs is 1. The summed E-state index contributed by atoms with van der Waals surface area (Å²) in [5.74, 6) is 0.229. The molecule has 0 saturated heterocycles. The maximum Gasteiger partial charge on any atom is 0.256 e. The highest BCUT2D eigenvalue weighted by Gasteiger charge is 2.21. The molecule has 2 amide bonds. The van der Waals surface area contributed by atoms with E-state index in [9.17, 15) is 9.59 Å². The van der Waals surface area contributed by atoms with Gasteiger partial charge in [-0.25, -0.2) is 4.68 Å². The second-order valence-electron chi connectivity index (χ2n) is 8.75. The van der Waals surface area contributed by atoms with E-state index in [2.05, 4.69) is 40.0 Å². The Morgan fingerprint density at radius 1 is 0.906 bits per heavy atom. The molecule has 6 heteroatoms. The lowest BCUT2D eigenvalue weighted by atomic mass is 9.95. The van der Waals surface area contributed by atoms with Crippen molar-refractivity contribution in [2.75, 3.05) is 10.6 Å². The minimum absolute atomic E-state index is 0.108. The molecule has 0 radical (unpaired) electrons. The summed E-state index contributed by atoms with van der Waals surface area (Å²) >= 11 is 0. The zero-order valence-electron chi connectivity index (χ0n) is 18.4. The summed E-state index contributed by atoms with van der Waals surface area (Å²) in [4.78, 5) is 25.2. The Morgan fingerprint density at radius 3 is 2.47 bits per heavy atom. The van der Waals surface area contributed by atoms with Crippen LogP contribution < -0.4 is 10.6 Å². The van der Waals surface area contributed by atoms with Crippen molar-refractivity contribution in [2.45, 2.75) is 27.3 Å². The third-order valence-electron chi connectivity index (χ3n) is 5.22. The second kappa shape index (κ2) is 8.67. The van der Waals surface area contributed by atoms with Gasteiger partial charge in [-0.1, -0.05) is 69.3 Å². The quantitative estimate of drug-likeness (QED) is 0.453. The molecule has 0 bridgehead atoms. The molecule has 0 fully saturated rings. The Balaban J connectivity index is 1.52. The van der Waals surface area contributed by atoms with E-state index in [4.69, 9.17) is 0 Å². The molecule has 0 aliphatic carbocycles. The summed E-state index contributed by atoms with van der Waals surface area (Å²) < 4.78 is 1.77. The van der Waals surface area contributed by atoms with Crippen LogP contribution in [0.15, 0.2) is 79.0 Å².